The number of rotatable bonds is 3. The smallest absolute Gasteiger partial charge is 0.266 e. The molecule has 3 nitrogen and oxygen atoms in total. The van der Waals surface area contributed by atoms with Crippen LogP contribution in [-0.4, -0.2) is 29.9 Å². The number of halogens is 2. The highest BCUT2D eigenvalue weighted by Crippen LogP contribution is 2.10. The summed E-state index contributed by atoms with van der Waals surface area (Å²) in [7, 11) is 3.49. The Labute approximate surface area is 86.1 Å². The van der Waals surface area contributed by atoms with Crippen LogP contribution in [0.5, 0.6) is 0 Å². The van der Waals surface area contributed by atoms with Gasteiger partial charge in [0.15, 0.2) is 5.17 Å². The number of amidine groups is 1. The van der Waals surface area contributed by atoms with E-state index < -0.39 is 6.08 Å². The van der Waals surface area contributed by atoms with Gasteiger partial charge < -0.3 is 4.90 Å². The Balaban J connectivity index is 3.92. The van der Waals surface area contributed by atoms with Gasteiger partial charge in [0.25, 0.3) is 6.08 Å². The number of thioether (sulfide) groups is 1. The molecule has 0 fully saturated rings. The van der Waals surface area contributed by atoms with Crippen molar-refractivity contribution in [2.24, 2.45) is 4.99 Å². The molecule has 0 amide bonds. The lowest BCUT2D eigenvalue weighted by atomic mass is 10.5. The van der Waals surface area contributed by atoms with Crippen molar-refractivity contribution in [3.05, 3.63) is 12.2 Å². The quantitative estimate of drug-likeness (QED) is 0.316. The van der Waals surface area contributed by atoms with E-state index >= 15 is 0 Å². The number of aliphatic imine (C=N–C) groups is 1. The van der Waals surface area contributed by atoms with Crippen molar-refractivity contribution in [1.29, 1.82) is 5.26 Å². The first kappa shape index (κ1) is 12.9. The topological polar surface area (TPSA) is 39.4 Å². The second kappa shape index (κ2) is 7.33. The van der Waals surface area contributed by atoms with E-state index in [1.807, 2.05) is 0 Å². The van der Waals surface area contributed by atoms with Gasteiger partial charge in [0.2, 0.25) is 6.19 Å². The minimum atomic E-state index is -1.67. The van der Waals surface area contributed by atoms with Crippen LogP contribution in [0.3, 0.4) is 0 Å². The van der Waals surface area contributed by atoms with Crippen LogP contribution in [0.15, 0.2) is 17.1 Å². The van der Waals surface area contributed by atoms with E-state index in [2.05, 4.69) is 4.99 Å². The Morgan fingerprint density at radius 1 is 1.57 bits per heavy atom. The Bertz CT molecular complexity index is 264. The molecular formula is C8H11F2N3S. The van der Waals surface area contributed by atoms with Crippen molar-refractivity contribution in [2.45, 2.75) is 6.42 Å². The molecule has 0 rings (SSSR count). The van der Waals surface area contributed by atoms with E-state index in [4.69, 9.17) is 5.26 Å². The lowest BCUT2D eigenvalue weighted by Gasteiger charge is -2.12. The molecule has 0 heterocycles. The predicted octanol–water partition coefficient (Wildman–Crippen LogP) is 2.29. The highest BCUT2D eigenvalue weighted by atomic mass is 32.2. The van der Waals surface area contributed by atoms with E-state index in [0.29, 0.717) is 10.9 Å². The third kappa shape index (κ3) is 6.43. The molecule has 0 unspecified atom stereocenters. The van der Waals surface area contributed by atoms with Crippen LogP contribution in [0.25, 0.3) is 0 Å². The summed E-state index contributed by atoms with van der Waals surface area (Å²) in [5.41, 5.74) is 0. The van der Waals surface area contributed by atoms with Gasteiger partial charge >= 0.3 is 0 Å². The molecule has 0 aromatic carbocycles. The Kier molecular flexibility index (Phi) is 6.76. The summed E-state index contributed by atoms with van der Waals surface area (Å²) in [6, 6.07) is 0. The fraction of sp³-hybridized carbons (Fsp3) is 0.500. The molecule has 0 saturated heterocycles. The van der Waals surface area contributed by atoms with Gasteiger partial charge in [-0.25, -0.2) is 0 Å². The maximum absolute atomic E-state index is 11.6. The lowest BCUT2D eigenvalue weighted by molar-refractivity contribution is 0.418. The largest absolute Gasteiger partial charge is 0.357 e. The van der Waals surface area contributed by atoms with Crippen molar-refractivity contribution in [2.75, 3.05) is 19.8 Å². The lowest BCUT2D eigenvalue weighted by Crippen LogP contribution is -2.18. The van der Waals surface area contributed by atoms with E-state index in [0.717, 1.165) is 6.08 Å². The highest BCUT2D eigenvalue weighted by molar-refractivity contribution is 8.13. The molecule has 0 aliphatic heterocycles. The zero-order valence-corrected chi connectivity index (χ0v) is 8.81. The van der Waals surface area contributed by atoms with Gasteiger partial charge in [0.1, 0.15) is 0 Å². The number of nitrogens with zero attached hydrogens (tertiary/aromatic N) is 3. The zero-order valence-electron chi connectivity index (χ0n) is 8.00. The van der Waals surface area contributed by atoms with Crippen LogP contribution in [0.1, 0.15) is 6.42 Å². The molecular weight excluding hydrogens is 208 g/mol. The summed E-state index contributed by atoms with van der Waals surface area (Å²) in [6.07, 6.45) is 1.11. The van der Waals surface area contributed by atoms with Crippen molar-refractivity contribution in [3.8, 4) is 6.19 Å². The molecule has 0 spiro atoms. The number of hydrogen-bond donors (Lipinski definition) is 0. The number of nitriles is 1. The Morgan fingerprint density at radius 3 is 2.64 bits per heavy atom. The Morgan fingerprint density at radius 2 is 2.21 bits per heavy atom. The van der Waals surface area contributed by atoms with Crippen molar-refractivity contribution in [1.82, 2.24) is 4.90 Å². The molecule has 6 heteroatoms. The first-order chi connectivity index (χ1) is 6.57. The van der Waals surface area contributed by atoms with Gasteiger partial charge in [0.05, 0.1) is 0 Å². The van der Waals surface area contributed by atoms with E-state index in [-0.39, 0.29) is 6.42 Å². The minimum absolute atomic E-state index is 0.269. The molecule has 0 bridgehead atoms. The van der Waals surface area contributed by atoms with Gasteiger partial charge in [-0.3, -0.25) is 0 Å². The van der Waals surface area contributed by atoms with E-state index in [9.17, 15) is 8.78 Å². The standard InChI is InChI=1S/C8H11F2N3S/c1-13(2)8(12-6-11)14-5-3-4-7(9)10/h4H,3,5H2,1-2H3. The fourth-order valence-electron chi connectivity index (χ4n) is 0.622. The van der Waals surface area contributed by atoms with Gasteiger partial charge in [-0.05, 0) is 12.5 Å². The van der Waals surface area contributed by atoms with Gasteiger partial charge in [-0.1, -0.05) is 11.8 Å². The summed E-state index contributed by atoms with van der Waals surface area (Å²) in [6.45, 7) is 0. The summed E-state index contributed by atoms with van der Waals surface area (Å²) < 4.78 is 23.2. The molecule has 0 aliphatic carbocycles. The van der Waals surface area contributed by atoms with E-state index in [1.54, 1.807) is 25.2 Å². The van der Waals surface area contributed by atoms with Gasteiger partial charge in [0, 0.05) is 19.8 Å². The average molecular weight is 219 g/mol. The molecule has 78 valence electrons. The summed E-state index contributed by atoms with van der Waals surface area (Å²) in [5, 5.41) is 8.85. The first-order valence-corrected chi connectivity index (χ1v) is 4.84. The molecule has 0 aliphatic rings. The molecule has 0 aromatic rings. The van der Waals surface area contributed by atoms with Crippen LogP contribution in [0, 0.1) is 11.5 Å². The summed E-state index contributed by atoms with van der Waals surface area (Å²) in [5.74, 6) is 0.482. The van der Waals surface area contributed by atoms with Crippen molar-refractivity contribution >= 4 is 16.9 Å². The maximum atomic E-state index is 11.6. The third-order valence-corrected chi connectivity index (χ3v) is 2.33. The van der Waals surface area contributed by atoms with Crippen molar-refractivity contribution in [3.63, 3.8) is 0 Å². The molecule has 0 atom stereocenters. The predicted molar refractivity (Wildman–Crippen MR) is 54.1 cm³/mol. The van der Waals surface area contributed by atoms with Gasteiger partial charge in [-0.15, -0.1) is 4.99 Å². The highest BCUT2D eigenvalue weighted by Gasteiger charge is 2.01. The first-order valence-electron chi connectivity index (χ1n) is 3.86. The molecule has 0 saturated carbocycles. The van der Waals surface area contributed by atoms with Crippen LogP contribution >= 0.6 is 11.8 Å². The number of hydrogen-bond acceptors (Lipinski definition) is 3. The number of allylic oxidation sites excluding steroid dienone is 1. The second-order valence-corrected chi connectivity index (χ2v) is 3.58. The van der Waals surface area contributed by atoms with Gasteiger partial charge in [-0.2, -0.15) is 14.0 Å². The average Bonchev–Trinajstić information content (AvgIpc) is 2.09. The molecule has 14 heavy (non-hydrogen) atoms. The fourth-order valence-corrected chi connectivity index (χ4v) is 1.40. The van der Waals surface area contributed by atoms with Crippen LogP contribution in [0.4, 0.5) is 8.78 Å². The summed E-state index contributed by atoms with van der Waals surface area (Å²) in [4.78, 5) is 5.21. The van der Waals surface area contributed by atoms with Crippen LogP contribution in [0.2, 0.25) is 0 Å². The maximum Gasteiger partial charge on any atom is 0.266 e. The summed E-state index contributed by atoms with van der Waals surface area (Å²) >= 11 is 1.27. The molecule has 0 aromatic heterocycles. The molecule has 0 radical (unpaired) electrons. The Hall–Kier alpha value is -1.09. The molecule has 0 N–H and O–H groups in total. The normalized spacial score (nSPS) is 10.6. The third-order valence-electron chi connectivity index (χ3n) is 1.18. The van der Waals surface area contributed by atoms with E-state index in [1.165, 1.54) is 11.8 Å². The zero-order chi connectivity index (χ0) is 11.0. The monoisotopic (exact) mass is 219 g/mol. The minimum Gasteiger partial charge on any atom is -0.357 e. The van der Waals surface area contributed by atoms with Crippen LogP contribution < -0.4 is 0 Å². The van der Waals surface area contributed by atoms with Crippen molar-refractivity contribution < 1.29 is 8.78 Å². The van der Waals surface area contributed by atoms with Crippen LogP contribution in [-0.2, 0) is 0 Å². The second-order valence-electron chi connectivity index (χ2n) is 2.52. The SMILES string of the molecule is CN(C)C(=NC#N)SCCC=C(F)F.